The molecule has 0 amide bonds. The van der Waals surface area contributed by atoms with Crippen LogP contribution >= 0.6 is 23.2 Å². The zero-order valence-electron chi connectivity index (χ0n) is 9.75. The molecule has 0 N–H and O–H groups in total. The van der Waals surface area contributed by atoms with Gasteiger partial charge >= 0.3 is 0 Å². The Hall–Kier alpha value is -1.29. The first-order valence-corrected chi connectivity index (χ1v) is 7.73. The van der Waals surface area contributed by atoms with Gasteiger partial charge in [0, 0.05) is 21.0 Å². The van der Waals surface area contributed by atoms with Crippen LogP contribution in [-0.4, -0.2) is 8.42 Å². The van der Waals surface area contributed by atoms with Gasteiger partial charge in [-0.3, -0.25) is 0 Å². The van der Waals surface area contributed by atoms with Crippen molar-refractivity contribution in [3.05, 3.63) is 69.5 Å². The first-order valence-electron chi connectivity index (χ1n) is 5.43. The first kappa shape index (κ1) is 14.1. The van der Waals surface area contributed by atoms with Crippen LogP contribution in [0.25, 0.3) is 6.08 Å². The van der Waals surface area contributed by atoms with E-state index in [9.17, 15) is 8.42 Å². The SMILES string of the molecule is O=S(=O)(C=Cc1c(Cl)cccc1Cl)c1ccccc1. The van der Waals surface area contributed by atoms with Crippen molar-refractivity contribution in [2.75, 3.05) is 0 Å². The third-order valence-electron chi connectivity index (χ3n) is 2.49. The topological polar surface area (TPSA) is 34.1 Å². The summed E-state index contributed by atoms with van der Waals surface area (Å²) < 4.78 is 24.1. The van der Waals surface area contributed by atoms with Crippen molar-refractivity contribution >= 4 is 39.1 Å². The highest BCUT2D eigenvalue weighted by atomic mass is 35.5. The lowest BCUT2D eigenvalue weighted by Gasteiger charge is -2.01. The van der Waals surface area contributed by atoms with Crippen molar-refractivity contribution in [3.63, 3.8) is 0 Å². The first-order chi connectivity index (χ1) is 9.00. The molecule has 0 aliphatic carbocycles. The van der Waals surface area contributed by atoms with Gasteiger partial charge in [-0.1, -0.05) is 47.5 Å². The van der Waals surface area contributed by atoms with Gasteiger partial charge in [-0.2, -0.15) is 0 Å². The van der Waals surface area contributed by atoms with E-state index in [1.807, 2.05) is 0 Å². The lowest BCUT2D eigenvalue weighted by molar-refractivity contribution is 0.605. The van der Waals surface area contributed by atoms with E-state index in [4.69, 9.17) is 23.2 Å². The molecule has 0 fully saturated rings. The van der Waals surface area contributed by atoms with Crippen LogP contribution in [0.4, 0.5) is 0 Å². The van der Waals surface area contributed by atoms with Gasteiger partial charge in [-0.15, -0.1) is 0 Å². The molecule has 0 saturated heterocycles. The van der Waals surface area contributed by atoms with E-state index in [0.717, 1.165) is 5.41 Å². The Kier molecular flexibility index (Phi) is 4.30. The second-order valence-corrected chi connectivity index (χ2v) is 6.44. The number of sulfone groups is 1. The molecule has 19 heavy (non-hydrogen) atoms. The number of hydrogen-bond donors (Lipinski definition) is 0. The highest BCUT2D eigenvalue weighted by molar-refractivity contribution is 7.94. The summed E-state index contributed by atoms with van der Waals surface area (Å²) in [6.45, 7) is 0. The smallest absolute Gasteiger partial charge is 0.199 e. The van der Waals surface area contributed by atoms with Gasteiger partial charge in [-0.05, 0) is 30.3 Å². The molecule has 2 rings (SSSR count). The largest absolute Gasteiger partial charge is 0.219 e. The fraction of sp³-hybridized carbons (Fsp3) is 0. The van der Waals surface area contributed by atoms with Crippen LogP contribution < -0.4 is 0 Å². The van der Waals surface area contributed by atoms with Crippen LogP contribution in [-0.2, 0) is 9.84 Å². The van der Waals surface area contributed by atoms with Gasteiger partial charge in [0.25, 0.3) is 0 Å². The highest BCUT2D eigenvalue weighted by Crippen LogP contribution is 2.26. The molecular weight excluding hydrogens is 303 g/mol. The van der Waals surface area contributed by atoms with Crippen molar-refractivity contribution in [1.29, 1.82) is 0 Å². The Morgan fingerprint density at radius 3 is 2.00 bits per heavy atom. The van der Waals surface area contributed by atoms with E-state index in [1.165, 1.54) is 18.2 Å². The summed E-state index contributed by atoms with van der Waals surface area (Å²) >= 11 is 11.9. The summed E-state index contributed by atoms with van der Waals surface area (Å²) in [5, 5.41) is 1.93. The van der Waals surface area contributed by atoms with Gasteiger partial charge in [0.15, 0.2) is 9.84 Å². The Bertz CT molecular complexity index is 687. The number of halogens is 2. The maximum Gasteiger partial charge on any atom is 0.199 e. The van der Waals surface area contributed by atoms with Gasteiger partial charge < -0.3 is 0 Å². The summed E-state index contributed by atoms with van der Waals surface area (Å²) in [5.74, 6) is 0. The molecule has 2 nitrogen and oxygen atoms in total. The quantitative estimate of drug-likeness (QED) is 0.839. The van der Waals surface area contributed by atoms with Crippen LogP contribution in [0, 0.1) is 0 Å². The van der Waals surface area contributed by atoms with Gasteiger partial charge in [-0.25, -0.2) is 8.42 Å². The van der Waals surface area contributed by atoms with Crippen molar-refractivity contribution < 1.29 is 8.42 Å². The standard InChI is InChI=1S/C14H10Cl2O2S/c15-13-7-4-8-14(16)12(13)9-10-19(17,18)11-5-2-1-3-6-11/h1-10H. The van der Waals surface area contributed by atoms with Crippen molar-refractivity contribution in [3.8, 4) is 0 Å². The Morgan fingerprint density at radius 2 is 1.42 bits per heavy atom. The normalized spacial score (nSPS) is 11.9. The van der Waals surface area contributed by atoms with Gasteiger partial charge in [0.2, 0.25) is 0 Å². The second-order valence-electron chi connectivity index (χ2n) is 3.80. The number of rotatable bonds is 3. The summed E-state index contributed by atoms with van der Waals surface area (Å²) in [5.41, 5.74) is 0.491. The molecule has 98 valence electrons. The number of hydrogen-bond acceptors (Lipinski definition) is 2. The summed E-state index contributed by atoms with van der Waals surface area (Å²) in [7, 11) is -3.49. The predicted molar refractivity (Wildman–Crippen MR) is 79.1 cm³/mol. The fourth-order valence-electron chi connectivity index (χ4n) is 1.52. The molecule has 5 heteroatoms. The molecule has 0 heterocycles. The van der Waals surface area contributed by atoms with E-state index < -0.39 is 9.84 Å². The van der Waals surface area contributed by atoms with Crippen molar-refractivity contribution in [1.82, 2.24) is 0 Å². The Labute approximate surface area is 122 Å². The molecule has 0 unspecified atom stereocenters. The molecule has 0 aromatic heterocycles. The zero-order valence-corrected chi connectivity index (χ0v) is 12.1. The van der Waals surface area contributed by atoms with E-state index in [1.54, 1.807) is 36.4 Å². The molecule has 0 atom stereocenters. The number of benzene rings is 2. The van der Waals surface area contributed by atoms with Crippen LogP contribution in [0.15, 0.2) is 58.8 Å². The van der Waals surface area contributed by atoms with E-state index in [2.05, 4.69) is 0 Å². The fourth-order valence-corrected chi connectivity index (χ4v) is 3.05. The molecule has 2 aromatic carbocycles. The Morgan fingerprint density at radius 1 is 0.842 bits per heavy atom. The molecular formula is C14H10Cl2O2S. The minimum atomic E-state index is -3.49. The van der Waals surface area contributed by atoms with Crippen LogP contribution in [0.2, 0.25) is 10.0 Å². The third-order valence-corrected chi connectivity index (χ3v) is 4.57. The molecule has 0 aliphatic rings. The lowest BCUT2D eigenvalue weighted by Crippen LogP contribution is -1.95. The van der Waals surface area contributed by atoms with E-state index in [-0.39, 0.29) is 4.90 Å². The van der Waals surface area contributed by atoms with Crippen LogP contribution in [0.1, 0.15) is 5.56 Å². The predicted octanol–water partition coefficient (Wildman–Crippen LogP) is 4.44. The van der Waals surface area contributed by atoms with Crippen LogP contribution in [0.3, 0.4) is 0 Å². The monoisotopic (exact) mass is 312 g/mol. The van der Waals surface area contributed by atoms with E-state index in [0.29, 0.717) is 15.6 Å². The molecule has 0 radical (unpaired) electrons. The third kappa shape index (κ3) is 3.38. The zero-order chi connectivity index (χ0) is 13.9. The van der Waals surface area contributed by atoms with Gasteiger partial charge in [0.05, 0.1) is 4.90 Å². The molecule has 0 saturated carbocycles. The molecule has 0 spiro atoms. The van der Waals surface area contributed by atoms with E-state index >= 15 is 0 Å². The second kappa shape index (κ2) is 5.78. The highest BCUT2D eigenvalue weighted by Gasteiger charge is 2.10. The minimum Gasteiger partial charge on any atom is -0.219 e. The summed E-state index contributed by atoms with van der Waals surface area (Å²) in [6, 6.07) is 13.2. The molecule has 0 aliphatic heterocycles. The molecule has 0 bridgehead atoms. The maximum absolute atomic E-state index is 12.1. The van der Waals surface area contributed by atoms with Crippen molar-refractivity contribution in [2.45, 2.75) is 4.90 Å². The molecule has 2 aromatic rings. The summed E-state index contributed by atoms with van der Waals surface area (Å²) in [6.07, 6.45) is 1.41. The minimum absolute atomic E-state index is 0.231. The van der Waals surface area contributed by atoms with Crippen molar-refractivity contribution in [2.24, 2.45) is 0 Å². The maximum atomic E-state index is 12.1. The lowest BCUT2D eigenvalue weighted by atomic mass is 10.2. The Balaban J connectivity index is 2.39. The van der Waals surface area contributed by atoms with Gasteiger partial charge in [0.1, 0.15) is 0 Å². The van der Waals surface area contributed by atoms with Crippen LogP contribution in [0.5, 0.6) is 0 Å². The summed E-state index contributed by atoms with van der Waals surface area (Å²) in [4.78, 5) is 0.231. The average Bonchev–Trinajstić information content (AvgIpc) is 2.39. The average molecular weight is 313 g/mol.